The molecule has 3 unspecified atom stereocenters. The Bertz CT molecular complexity index is 264. The summed E-state index contributed by atoms with van der Waals surface area (Å²) in [5.74, 6) is -0.679. The molecule has 4 nitrogen and oxygen atoms in total. The van der Waals surface area contributed by atoms with Crippen molar-refractivity contribution < 1.29 is 9.90 Å². The van der Waals surface area contributed by atoms with Gasteiger partial charge in [-0.2, -0.15) is 0 Å². The fourth-order valence-electron chi connectivity index (χ4n) is 3.37. The maximum atomic E-state index is 10.8. The number of nitrogens with zero attached hydrogens (tertiary/aromatic N) is 1. The number of carbonyl (C=O) groups is 1. The number of nitrogens with one attached hydrogen (secondary N) is 1. The van der Waals surface area contributed by atoms with Crippen LogP contribution in [-0.4, -0.2) is 47.2 Å². The van der Waals surface area contributed by atoms with Crippen LogP contribution in [0.1, 0.15) is 45.4 Å². The van der Waals surface area contributed by atoms with Crippen LogP contribution < -0.4 is 5.32 Å². The molecule has 0 aromatic rings. The molecular formula is C13H24N2O2. The van der Waals surface area contributed by atoms with Crippen molar-refractivity contribution in [2.75, 3.05) is 13.1 Å². The van der Waals surface area contributed by atoms with Crippen molar-refractivity contribution in [3.05, 3.63) is 0 Å². The van der Waals surface area contributed by atoms with Crippen molar-refractivity contribution in [3.8, 4) is 0 Å². The summed E-state index contributed by atoms with van der Waals surface area (Å²) in [6, 6.07) is 1.31. The number of carboxylic acid groups (broad SMARTS) is 1. The predicted molar refractivity (Wildman–Crippen MR) is 67.1 cm³/mol. The van der Waals surface area contributed by atoms with Gasteiger partial charge in [0.25, 0.3) is 0 Å². The molecular weight excluding hydrogens is 216 g/mol. The second-order valence-electron chi connectivity index (χ2n) is 5.45. The SMILES string of the molecule is CC(CC(=O)O)N1CCCCC1C1CCCN1. The average Bonchev–Trinajstić information content (AvgIpc) is 2.81. The number of likely N-dealkylation sites (tertiary alicyclic amines) is 1. The van der Waals surface area contributed by atoms with E-state index < -0.39 is 5.97 Å². The lowest BCUT2D eigenvalue weighted by Gasteiger charge is -2.42. The van der Waals surface area contributed by atoms with E-state index in [-0.39, 0.29) is 12.5 Å². The van der Waals surface area contributed by atoms with E-state index in [2.05, 4.69) is 17.1 Å². The highest BCUT2D eigenvalue weighted by Crippen LogP contribution is 2.26. The molecule has 2 fully saturated rings. The van der Waals surface area contributed by atoms with E-state index in [1.54, 1.807) is 0 Å². The minimum atomic E-state index is -0.679. The molecule has 4 heteroatoms. The zero-order chi connectivity index (χ0) is 12.3. The van der Waals surface area contributed by atoms with Crippen molar-refractivity contribution in [3.63, 3.8) is 0 Å². The highest BCUT2D eigenvalue weighted by atomic mass is 16.4. The summed E-state index contributed by atoms with van der Waals surface area (Å²) in [5, 5.41) is 12.5. The molecule has 0 aromatic heterocycles. The van der Waals surface area contributed by atoms with Crippen molar-refractivity contribution >= 4 is 5.97 Å². The van der Waals surface area contributed by atoms with Gasteiger partial charge in [-0.25, -0.2) is 0 Å². The summed E-state index contributed by atoms with van der Waals surface area (Å²) in [6.45, 7) is 4.25. The fourth-order valence-corrected chi connectivity index (χ4v) is 3.37. The van der Waals surface area contributed by atoms with Crippen LogP contribution in [0, 0.1) is 0 Å². The number of hydrogen-bond donors (Lipinski definition) is 2. The van der Waals surface area contributed by atoms with Gasteiger partial charge in [0.05, 0.1) is 6.42 Å². The number of piperidine rings is 1. The highest BCUT2D eigenvalue weighted by molar-refractivity contribution is 5.67. The van der Waals surface area contributed by atoms with Crippen LogP contribution in [0.15, 0.2) is 0 Å². The van der Waals surface area contributed by atoms with Crippen molar-refractivity contribution in [2.24, 2.45) is 0 Å². The number of aliphatic carboxylic acids is 1. The van der Waals surface area contributed by atoms with Crippen LogP contribution >= 0.6 is 0 Å². The lowest BCUT2D eigenvalue weighted by Crippen LogP contribution is -2.53. The zero-order valence-electron chi connectivity index (χ0n) is 10.7. The molecule has 2 aliphatic heterocycles. The highest BCUT2D eigenvalue weighted by Gasteiger charge is 2.34. The van der Waals surface area contributed by atoms with Gasteiger partial charge in [-0.15, -0.1) is 0 Å². The Morgan fingerprint density at radius 2 is 2.24 bits per heavy atom. The minimum absolute atomic E-state index is 0.167. The average molecular weight is 240 g/mol. The lowest BCUT2D eigenvalue weighted by atomic mass is 9.92. The molecule has 0 amide bonds. The van der Waals surface area contributed by atoms with Crippen LogP contribution in [0.2, 0.25) is 0 Å². The first-order valence-corrected chi connectivity index (χ1v) is 6.89. The molecule has 0 bridgehead atoms. The number of rotatable bonds is 4. The third kappa shape index (κ3) is 3.19. The Hall–Kier alpha value is -0.610. The number of hydrogen-bond acceptors (Lipinski definition) is 3. The lowest BCUT2D eigenvalue weighted by molar-refractivity contribution is -0.138. The molecule has 2 rings (SSSR count). The van der Waals surface area contributed by atoms with Crippen molar-refractivity contribution in [1.29, 1.82) is 0 Å². The molecule has 0 aliphatic carbocycles. The summed E-state index contributed by atoms with van der Waals surface area (Å²) >= 11 is 0. The van der Waals surface area contributed by atoms with Gasteiger partial charge in [0.15, 0.2) is 0 Å². The number of carboxylic acids is 1. The van der Waals surface area contributed by atoms with Gasteiger partial charge in [-0.05, 0) is 45.7 Å². The Balaban J connectivity index is 1.97. The van der Waals surface area contributed by atoms with E-state index in [4.69, 9.17) is 5.11 Å². The third-order valence-electron chi connectivity index (χ3n) is 4.19. The second kappa shape index (κ2) is 5.83. The van der Waals surface area contributed by atoms with Gasteiger partial charge in [0.1, 0.15) is 0 Å². The van der Waals surface area contributed by atoms with E-state index in [0.29, 0.717) is 12.1 Å². The summed E-state index contributed by atoms with van der Waals surface area (Å²) in [4.78, 5) is 13.3. The van der Waals surface area contributed by atoms with Gasteiger partial charge >= 0.3 is 5.97 Å². The normalized spacial score (nSPS) is 32.5. The Labute approximate surface area is 103 Å². The molecule has 2 N–H and O–H groups in total. The molecule has 2 heterocycles. The molecule has 17 heavy (non-hydrogen) atoms. The molecule has 3 atom stereocenters. The molecule has 0 aromatic carbocycles. The van der Waals surface area contributed by atoms with E-state index in [0.717, 1.165) is 13.1 Å². The quantitative estimate of drug-likeness (QED) is 0.781. The van der Waals surface area contributed by atoms with Crippen LogP contribution in [-0.2, 0) is 4.79 Å². The van der Waals surface area contributed by atoms with Crippen LogP contribution in [0.4, 0.5) is 0 Å². The van der Waals surface area contributed by atoms with Gasteiger partial charge in [-0.3, -0.25) is 9.69 Å². The van der Waals surface area contributed by atoms with Gasteiger partial charge < -0.3 is 10.4 Å². The van der Waals surface area contributed by atoms with E-state index in [1.807, 2.05) is 0 Å². The molecule has 2 aliphatic rings. The first kappa shape index (κ1) is 12.8. The van der Waals surface area contributed by atoms with Crippen LogP contribution in [0.5, 0.6) is 0 Å². The first-order chi connectivity index (χ1) is 8.18. The molecule has 0 saturated carbocycles. The Morgan fingerprint density at radius 1 is 1.41 bits per heavy atom. The van der Waals surface area contributed by atoms with E-state index in [1.165, 1.54) is 32.1 Å². The van der Waals surface area contributed by atoms with Crippen LogP contribution in [0.25, 0.3) is 0 Å². The summed E-state index contributed by atoms with van der Waals surface area (Å²) in [5.41, 5.74) is 0. The first-order valence-electron chi connectivity index (χ1n) is 6.89. The maximum Gasteiger partial charge on any atom is 0.304 e. The van der Waals surface area contributed by atoms with E-state index in [9.17, 15) is 4.79 Å². The molecule has 0 radical (unpaired) electrons. The van der Waals surface area contributed by atoms with E-state index >= 15 is 0 Å². The van der Waals surface area contributed by atoms with Gasteiger partial charge in [0, 0.05) is 18.1 Å². The molecule has 98 valence electrons. The Morgan fingerprint density at radius 3 is 2.88 bits per heavy atom. The minimum Gasteiger partial charge on any atom is -0.481 e. The van der Waals surface area contributed by atoms with Crippen molar-refractivity contribution in [2.45, 2.75) is 63.6 Å². The van der Waals surface area contributed by atoms with Crippen molar-refractivity contribution in [1.82, 2.24) is 10.2 Å². The van der Waals surface area contributed by atoms with Crippen LogP contribution in [0.3, 0.4) is 0 Å². The molecule has 2 saturated heterocycles. The summed E-state index contributed by atoms with van der Waals surface area (Å²) < 4.78 is 0. The summed E-state index contributed by atoms with van der Waals surface area (Å²) in [7, 11) is 0. The standard InChI is InChI=1S/C13H24N2O2/c1-10(9-13(16)17)15-8-3-2-6-12(15)11-5-4-7-14-11/h10-12,14H,2-9H2,1H3,(H,16,17). The molecule has 0 spiro atoms. The topological polar surface area (TPSA) is 52.6 Å². The largest absolute Gasteiger partial charge is 0.481 e. The summed E-state index contributed by atoms with van der Waals surface area (Å²) in [6.07, 6.45) is 6.51. The monoisotopic (exact) mass is 240 g/mol. The van der Waals surface area contributed by atoms with Gasteiger partial charge in [0.2, 0.25) is 0 Å². The Kier molecular flexibility index (Phi) is 4.40. The zero-order valence-corrected chi connectivity index (χ0v) is 10.7. The van der Waals surface area contributed by atoms with Gasteiger partial charge in [-0.1, -0.05) is 6.42 Å². The second-order valence-corrected chi connectivity index (χ2v) is 5.45. The third-order valence-corrected chi connectivity index (χ3v) is 4.19. The predicted octanol–water partition coefficient (Wildman–Crippen LogP) is 1.46. The maximum absolute atomic E-state index is 10.8. The fraction of sp³-hybridized carbons (Fsp3) is 0.923. The smallest absolute Gasteiger partial charge is 0.304 e.